The summed E-state index contributed by atoms with van der Waals surface area (Å²) in [6, 6.07) is 2.56. The SMILES string of the molecule is CCOC(=O)c1cc(C(=O)O)cc(S(=O)(=O)O)c1.[NaH]. The number of carboxylic acids is 1. The van der Waals surface area contributed by atoms with Crippen LogP contribution < -0.4 is 0 Å². The van der Waals surface area contributed by atoms with Crippen LogP contribution in [-0.4, -0.2) is 66.2 Å². The van der Waals surface area contributed by atoms with Gasteiger partial charge in [0.05, 0.1) is 22.6 Å². The molecular formula is C10H11NaO7S. The van der Waals surface area contributed by atoms with Gasteiger partial charge in [-0.15, -0.1) is 0 Å². The van der Waals surface area contributed by atoms with Crippen LogP contribution in [0.1, 0.15) is 27.6 Å². The van der Waals surface area contributed by atoms with E-state index in [0.29, 0.717) is 0 Å². The first kappa shape index (κ1) is 18.1. The molecule has 0 heterocycles. The van der Waals surface area contributed by atoms with E-state index in [1.54, 1.807) is 6.92 Å². The number of carbonyl (C=O) groups is 2. The van der Waals surface area contributed by atoms with E-state index in [4.69, 9.17) is 9.66 Å². The Morgan fingerprint density at radius 3 is 2.16 bits per heavy atom. The zero-order valence-electron chi connectivity index (χ0n) is 9.28. The van der Waals surface area contributed by atoms with Crippen LogP contribution >= 0.6 is 0 Å². The first-order chi connectivity index (χ1) is 8.25. The van der Waals surface area contributed by atoms with E-state index >= 15 is 0 Å². The van der Waals surface area contributed by atoms with E-state index in [0.717, 1.165) is 18.2 Å². The van der Waals surface area contributed by atoms with Gasteiger partial charge in [0.1, 0.15) is 0 Å². The third-order valence-electron chi connectivity index (χ3n) is 1.96. The van der Waals surface area contributed by atoms with Crippen molar-refractivity contribution in [3.63, 3.8) is 0 Å². The summed E-state index contributed by atoms with van der Waals surface area (Å²) in [7, 11) is -4.60. The van der Waals surface area contributed by atoms with Crippen molar-refractivity contribution < 1.29 is 32.4 Å². The van der Waals surface area contributed by atoms with E-state index in [2.05, 4.69) is 4.74 Å². The van der Waals surface area contributed by atoms with Crippen molar-refractivity contribution in [3.05, 3.63) is 29.3 Å². The molecule has 7 nitrogen and oxygen atoms in total. The van der Waals surface area contributed by atoms with Crippen LogP contribution in [0.3, 0.4) is 0 Å². The van der Waals surface area contributed by atoms with Crippen molar-refractivity contribution in [2.75, 3.05) is 6.61 Å². The number of rotatable bonds is 4. The van der Waals surface area contributed by atoms with Gasteiger partial charge in [-0.3, -0.25) is 4.55 Å². The molecule has 0 unspecified atom stereocenters. The van der Waals surface area contributed by atoms with Gasteiger partial charge < -0.3 is 9.84 Å². The Morgan fingerprint density at radius 2 is 1.74 bits per heavy atom. The predicted molar refractivity (Wildman–Crippen MR) is 66.3 cm³/mol. The predicted octanol–water partition coefficient (Wildman–Crippen LogP) is 0.160. The van der Waals surface area contributed by atoms with Crippen LogP contribution in [0, 0.1) is 0 Å². The van der Waals surface area contributed by atoms with Crippen LogP contribution in [0.15, 0.2) is 23.1 Å². The Balaban J connectivity index is 0.00000324. The van der Waals surface area contributed by atoms with Crippen LogP contribution in [0.25, 0.3) is 0 Å². The molecule has 0 atom stereocenters. The zero-order chi connectivity index (χ0) is 13.9. The minimum atomic E-state index is -4.60. The van der Waals surface area contributed by atoms with E-state index < -0.39 is 32.5 Å². The fourth-order valence-electron chi connectivity index (χ4n) is 1.20. The van der Waals surface area contributed by atoms with E-state index in [9.17, 15) is 18.0 Å². The Kier molecular flexibility index (Phi) is 6.67. The molecule has 2 N–H and O–H groups in total. The van der Waals surface area contributed by atoms with E-state index in [1.807, 2.05) is 0 Å². The second-order valence-electron chi connectivity index (χ2n) is 3.25. The molecule has 0 saturated carbocycles. The zero-order valence-corrected chi connectivity index (χ0v) is 10.1. The average Bonchev–Trinajstić information content (AvgIpc) is 2.27. The van der Waals surface area contributed by atoms with Crippen molar-refractivity contribution in [3.8, 4) is 0 Å². The minimum absolute atomic E-state index is 0. The second kappa shape index (κ2) is 7.01. The Hall–Kier alpha value is -0.930. The molecule has 9 heteroatoms. The molecule has 0 radical (unpaired) electrons. The fraction of sp³-hybridized carbons (Fsp3) is 0.200. The van der Waals surface area contributed by atoms with Gasteiger partial charge >= 0.3 is 41.5 Å². The number of ether oxygens (including phenoxy) is 1. The van der Waals surface area contributed by atoms with Crippen molar-refractivity contribution in [2.45, 2.75) is 11.8 Å². The molecule has 0 saturated heterocycles. The molecule has 0 fully saturated rings. The molecule has 0 aliphatic carbocycles. The third kappa shape index (κ3) is 4.92. The van der Waals surface area contributed by atoms with Gasteiger partial charge in [0.25, 0.3) is 10.1 Å². The van der Waals surface area contributed by atoms with Gasteiger partial charge in [-0.25, -0.2) is 9.59 Å². The summed E-state index contributed by atoms with van der Waals surface area (Å²) >= 11 is 0. The molecule has 100 valence electrons. The third-order valence-corrected chi connectivity index (χ3v) is 2.79. The molecule has 1 aromatic carbocycles. The van der Waals surface area contributed by atoms with Gasteiger partial charge in [0.15, 0.2) is 0 Å². The monoisotopic (exact) mass is 298 g/mol. The van der Waals surface area contributed by atoms with Gasteiger partial charge in [0.2, 0.25) is 0 Å². The van der Waals surface area contributed by atoms with E-state index in [-0.39, 0.29) is 41.7 Å². The first-order valence-electron chi connectivity index (χ1n) is 4.78. The van der Waals surface area contributed by atoms with E-state index in [1.165, 1.54) is 0 Å². The van der Waals surface area contributed by atoms with Crippen molar-refractivity contribution in [2.24, 2.45) is 0 Å². The summed E-state index contributed by atoms with van der Waals surface area (Å²) < 4.78 is 35.4. The normalized spacial score (nSPS) is 10.4. The molecular weight excluding hydrogens is 287 g/mol. The number of hydrogen-bond acceptors (Lipinski definition) is 5. The quantitative estimate of drug-likeness (QED) is 0.461. The molecule has 1 rings (SSSR count). The summed E-state index contributed by atoms with van der Waals surface area (Å²) in [5.41, 5.74) is -0.697. The Labute approximate surface area is 131 Å². The standard InChI is InChI=1S/C10H10O7S.Na.H/c1-2-17-10(13)7-3-6(9(11)12)4-8(5-7)18(14,15)16;;/h3-5H,2H2,1H3,(H,11,12)(H,14,15,16);;. The van der Waals surface area contributed by atoms with Crippen LogP contribution in [-0.2, 0) is 14.9 Å². The number of esters is 1. The fourth-order valence-corrected chi connectivity index (χ4v) is 1.76. The van der Waals surface area contributed by atoms with Crippen LogP contribution in [0.4, 0.5) is 0 Å². The summed E-state index contributed by atoms with van der Waals surface area (Å²) in [4.78, 5) is 21.5. The average molecular weight is 298 g/mol. The molecule has 0 spiro atoms. The Bertz CT molecular complexity index is 594. The van der Waals surface area contributed by atoms with Crippen molar-refractivity contribution >= 4 is 51.6 Å². The summed E-state index contributed by atoms with van der Waals surface area (Å²) in [5.74, 6) is -2.29. The summed E-state index contributed by atoms with van der Waals surface area (Å²) in [6.07, 6.45) is 0. The summed E-state index contributed by atoms with van der Waals surface area (Å²) in [6.45, 7) is 1.60. The van der Waals surface area contributed by atoms with Gasteiger partial charge in [-0.1, -0.05) is 0 Å². The van der Waals surface area contributed by atoms with Crippen LogP contribution in [0.5, 0.6) is 0 Å². The maximum atomic E-state index is 11.4. The number of carboxylic acid groups (broad SMARTS) is 1. The molecule has 0 aromatic heterocycles. The first-order valence-corrected chi connectivity index (χ1v) is 6.22. The number of benzene rings is 1. The van der Waals surface area contributed by atoms with Gasteiger partial charge in [0, 0.05) is 0 Å². The second-order valence-corrected chi connectivity index (χ2v) is 4.67. The van der Waals surface area contributed by atoms with Gasteiger partial charge in [-0.05, 0) is 25.1 Å². The topological polar surface area (TPSA) is 118 Å². The molecule has 0 aliphatic rings. The molecule has 1 aromatic rings. The molecule has 0 amide bonds. The number of hydrogen-bond donors (Lipinski definition) is 2. The molecule has 19 heavy (non-hydrogen) atoms. The van der Waals surface area contributed by atoms with Crippen LogP contribution in [0.2, 0.25) is 0 Å². The maximum absolute atomic E-state index is 11.4. The van der Waals surface area contributed by atoms with Crippen molar-refractivity contribution in [1.29, 1.82) is 0 Å². The summed E-state index contributed by atoms with van der Waals surface area (Å²) in [5, 5.41) is 8.78. The number of aromatic carboxylic acids is 1. The number of carbonyl (C=O) groups excluding carboxylic acids is 1. The van der Waals surface area contributed by atoms with Crippen molar-refractivity contribution in [1.82, 2.24) is 0 Å². The molecule has 0 bridgehead atoms. The Morgan fingerprint density at radius 1 is 1.21 bits per heavy atom. The van der Waals surface area contributed by atoms with Gasteiger partial charge in [-0.2, -0.15) is 8.42 Å². The molecule has 0 aliphatic heterocycles.